The summed E-state index contributed by atoms with van der Waals surface area (Å²) in [5, 5.41) is 1.54. The zero-order valence-electron chi connectivity index (χ0n) is 12.1. The molecule has 0 atom stereocenters. The van der Waals surface area contributed by atoms with Crippen molar-refractivity contribution < 1.29 is 4.79 Å². The molecular formula is C16H19ClN2OS. The van der Waals surface area contributed by atoms with Crippen LogP contribution in [-0.4, -0.2) is 23.4 Å². The van der Waals surface area contributed by atoms with Crippen LogP contribution in [0.3, 0.4) is 0 Å². The van der Waals surface area contributed by atoms with E-state index in [1.807, 2.05) is 23.1 Å². The number of unbranched alkanes of at least 4 members (excludes halogenated alkanes) is 1. The van der Waals surface area contributed by atoms with Gasteiger partial charge in [0.1, 0.15) is 4.88 Å². The summed E-state index contributed by atoms with van der Waals surface area (Å²) >= 11 is 7.50. The minimum absolute atomic E-state index is 0.0840. The lowest BCUT2D eigenvalue weighted by atomic mass is 10.2. The molecule has 0 spiro atoms. The molecule has 2 aromatic rings. The molecule has 0 saturated heterocycles. The molecule has 1 heterocycles. The van der Waals surface area contributed by atoms with E-state index in [1.165, 1.54) is 11.3 Å². The number of nitrogens with zero attached hydrogens (tertiary/aromatic N) is 1. The predicted octanol–water partition coefficient (Wildman–Crippen LogP) is 4.54. The fourth-order valence-corrected chi connectivity index (χ4v) is 3.77. The van der Waals surface area contributed by atoms with Crippen LogP contribution in [0.5, 0.6) is 0 Å². The average molecular weight is 323 g/mol. The highest BCUT2D eigenvalue weighted by Crippen LogP contribution is 2.38. The number of hydrogen-bond donors (Lipinski definition) is 1. The SMILES string of the molecule is CCCCN(C(=O)c1sc2ccc(Cl)cc2c1N)C1CC1. The van der Waals surface area contributed by atoms with Gasteiger partial charge in [-0.1, -0.05) is 24.9 Å². The quantitative estimate of drug-likeness (QED) is 0.878. The van der Waals surface area contributed by atoms with Gasteiger partial charge in [-0.25, -0.2) is 0 Å². The minimum Gasteiger partial charge on any atom is -0.397 e. The number of carbonyl (C=O) groups is 1. The molecule has 1 aromatic heterocycles. The Morgan fingerprint density at radius 3 is 2.90 bits per heavy atom. The van der Waals surface area contributed by atoms with Gasteiger partial charge in [0.15, 0.2) is 0 Å². The first-order chi connectivity index (χ1) is 10.1. The number of anilines is 1. The Balaban J connectivity index is 1.94. The maximum atomic E-state index is 12.8. The summed E-state index contributed by atoms with van der Waals surface area (Å²) in [5.41, 5.74) is 6.77. The third-order valence-electron chi connectivity index (χ3n) is 3.88. The molecule has 0 radical (unpaired) electrons. The van der Waals surface area contributed by atoms with Crippen LogP contribution in [0, 0.1) is 0 Å². The first-order valence-electron chi connectivity index (χ1n) is 7.40. The van der Waals surface area contributed by atoms with Crippen LogP contribution >= 0.6 is 22.9 Å². The van der Waals surface area contributed by atoms with Crippen LogP contribution in [0.4, 0.5) is 5.69 Å². The number of nitrogens with two attached hydrogens (primary N) is 1. The number of benzene rings is 1. The summed E-state index contributed by atoms with van der Waals surface area (Å²) in [7, 11) is 0. The molecule has 1 aliphatic carbocycles. The summed E-state index contributed by atoms with van der Waals surface area (Å²) in [4.78, 5) is 15.5. The highest BCUT2D eigenvalue weighted by atomic mass is 35.5. The second-order valence-corrected chi connectivity index (χ2v) is 7.06. The van der Waals surface area contributed by atoms with Crippen molar-refractivity contribution in [3.05, 3.63) is 28.1 Å². The van der Waals surface area contributed by atoms with E-state index in [0.29, 0.717) is 21.6 Å². The lowest BCUT2D eigenvalue weighted by molar-refractivity contribution is 0.0746. The zero-order valence-corrected chi connectivity index (χ0v) is 13.6. The lowest BCUT2D eigenvalue weighted by Crippen LogP contribution is -2.33. The molecule has 1 saturated carbocycles. The first-order valence-corrected chi connectivity index (χ1v) is 8.59. The number of nitrogen functional groups attached to an aromatic ring is 1. The Bertz CT molecular complexity index is 678. The fourth-order valence-electron chi connectivity index (χ4n) is 2.54. The fraction of sp³-hybridized carbons (Fsp3) is 0.438. The molecule has 21 heavy (non-hydrogen) atoms. The topological polar surface area (TPSA) is 46.3 Å². The van der Waals surface area contributed by atoms with E-state index in [9.17, 15) is 4.79 Å². The molecule has 0 bridgehead atoms. The monoisotopic (exact) mass is 322 g/mol. The Labute approximate surface area is 133 Å². The predicted molar refractivity (Wildman–Crippen MR) is 90.2 cm³/mol. The number of amides is 1. The summed E-state index contributed by atoms with van der Waals surface area (Å²) in [6, 6.07) is 6.03. The molecule has 1 amide bonds. The first kappa shape index (κ1) is 14.7. The van der Waals surface area contributed by atoms with Gasteiger partial charge < -0.3 is 10.6 Å². The molecule has 5 heteroatoms. The van der Waals surface area contributed by atoms with Crippen molar-refractivity contribution in [3.8, 4) is 0 Å². The van der Waals surface area contributed by atoms with Gasteiger partial charge in [-0.2, -0.15) is 0 Å². The third kappa shape index (κ3) is 2.87. The number of fused-ring (bicyclic) bond motifs is 1. The average Bonchev–Trinajstić information content (AvgIpc) is 3.25. The number of hydrogen-bond acceptors (Lipinski definition) is 3. The molecular weight excluding hydrogens is 304 g/mol. The maximum Gasteiger partial charge on any atom is 0.266 e. The van der Waals surface area contributed by atoms with Crippen molar-refractivity contribution in [2.45, 2.75) is 38.6 Å². The third-order valence-corrected chi connectivity index (χ3v) is 5.29. The molecule has 0 aliphatic heterocycles. The lowest BCUT2D eigenvalue weighted by Gasteiger charge is -2.21. The molecule has 3 nitrogen and oxygen atoms in total. The van der Waals surface area contributed by atoms with Gasteiger partial charge in [0.2, 0.25) is 0 Å². The molecule has 1 aliphatic rings. The van der Waals surface area contributed by atoms with Gasteiger partial charge >= 0.3 is 0 Å². The molecule has 1 aromatic carbocycles. The van der Waals surface area contributed by atoms with E-state index in [0.717, 1.165) is 42.3 Å². The van der Waals surface area contributed by atoms with Gasteiger partial charge in [-0.15, -0.1) is 11.3 Å². The van der Waals surface area contributed by atoms with Crippen molar-refractivity contribution >= 4 is 44.6 Å². The summed E-state index contributed by atoms with van der Waals surface area (Å²) < 4.78 is 1.02. The van der Waals surface area contributed by atoms with Crippen LogP contribution in [0.2, 0.25) is 5.02 Å². The highest BCUT2D eigenvalue weighted by molar-refractivity contribution is 7.21. The van der Waals surface area contributed by atoms with Gasteiger partial charge in [-0.3, -0.25) is 4.79 Å². The van der Waals surface area contributed by atoms with Crippen molar-refractivity contribution in [1.29, 1.82) is 0 Å². The Morgan fingerprint density at radius 1 is 1.48 bits per heavy atom. The van der Waals surface area contributed by atoms with Crippen LogP contribution in [-0.2, 0) is 0 Å². The van der Waals surface area contributed by atoms with Gasteiger partial charge in [0.05, 0.1) is 5.69 Å². The van der Waals surface area contributed by atoms with E-state index >= 15 is 0 Å². The van der Waals surface area contributed by atoms with E-state index in [1.54, 1.807) is 0 Å². The highest BCUT2D eigenvalue weighted by Gasteiger charge is 2.34. The van der Waals surface area contributed by atoms with Crippen LogP contribution in [0.15, 0.2) is 18.2 Å². The van der Waals surface area contributed by atoms with E-state index in [4.69, 9.17) is 17.3 Å². The number of carbonyl (C=O) groups excluding carboxylic acids is 1. The number of rotatable bonds is 5. The summed E-state index contributed by atoms with van der Waals surface area (Å²) in [5.74, 6) is 0.0840. The molecule has 112 valence electrons. The standard InChI is InChI=1S/C16H19ClN2OS/c1-2-3-8-19(11-5-6-11)16(20)15-14(18)12-9-10(17)4-7-13(12)21-15/h4,7,9,11H,2-3,5-6,8,18H2,1H3. The van der Waals surface area contributed by atoms with Crippen molar-refractivity contribution in [3.63, 3.8) is 0 Å². The molecule has 2 N–H and O–H groups in total. The van der Waals surface area contributed by atoms with Crippen LogP contribution in [0.1, 0.15) is 42.3 Å². The van der Waals surface area contributed by atoms with E-state index < -0.39 is 0 Å². The minimum atomic E-state index is 0.0840. The number of thiophene rings is 1. The second-order valence-electron chi connectivity index (χ2n) is 5.57. The number of halogens is 1. The smallest absolute Gasteiger partial charge is 0.266 e. The Hall–Kier alpha value is -1.26. The normalized spacial score (nSPS) is 14.6. The maximum absolute atomic E-state index is 12.8. The molecule has 0 unspecified atom stereocenters. The van der Waals surface area contributed by atoms with E-state index in [-0.39, 0.29) is 5.91 Å². The van der Waals surface area contributed by atoms with Crippen molar-refractivity contribution in [2.75, 3.05) is 12.3 Å². The van der Waals surface area contributed by atoms with Crippen molar-refractivity contribution in [2.24, 2.45) is 0 Å². The molecule has 3 rings (SSSR count). The van der Waals surface area contributed by atoms with Gasteiger partial charge in [0, 0.05) is 27.7 Å². The zero-order chi connectivity index (χ0) is 15.0. The van der Waals surface area contributed by atoms with Crippen LogP contribution < -0.4 is 5.73 Å². The summed E-state index contributed by atoms with van der Waals surface area (Å²) in [6.07, 6.45) is 4.37. The van der Waals surface area contributed by atoms with Crippen molar-refractivity contribution in [1.82, 2.24) is 4.90 Å². The Kier molecular flexibility index (Phi) is 4.09. The van der Waals surface area contributed by atoms with Gasteiger partial charge in [0.25, 0.3) is 5.91 Å². The second kappa shape index (κ2) is 5.85. The van der Waals surface area contributed by atoms with Gasteiger partial charge in [-0.05, 0) is 37.5 Å². The summed E-state index contributed by atoms with van der Waals surface area (Å²) in [6.45, 7) is 2.97. The molecule has 1 fully saturated rings. The van der Waals surface area contributed by atoms with E-state index in [2.05, 4.69) is 6.92 Å². The van der Waals surface area contributed by atoms with Crippen LogP contribution in [0.25, 0.3) is 10.1 Å². The largest absolute Gasteiger partial charge is 0.397 e. The Morgan fingerprint density at radius 2 is 2.24 bits per heavy atom.